The molecule has 0 aliphatic rings. The van der Waals surface area contributed by atoms with Crippen LogP contribution in [0.15, 0.2) is 24.3 Å². The summed E-state index contributed by atoms with van der Waals surface area (Å²) < 4.78 is 0. The number of nitrogens with zero attached hydrogens (tertiary/aromatic N) is 1. The smallest absolute Gasteiger partial charge is 0.0841 e. The Morgan fingerprint density at radius 2 is 1.93 bits per heavy atom. The first-order chi connectivity index (χ1) is 7.24. The fourth-order valence-electron chi connectivity index (χ4n) is 1.45. The lowest BCUT2D eigenvalue weighted by molar-refractivity contribution is 0.748. The lowest BCUT2D eigenvalue weighted by Crippen LogP contribution is -2.17. The highest BCUT2D eigenvalue weighted by atomic mass is 14.8. The van der Waals surface area contributed by atoms with E-state index in [1.165, 1.54) is 11.1 Å². The molecule has 0 heterocycles. The number of nitrogens with one attached hydrogen (secondary N) is 1. The van der Waals surface area contributed by atoms with Crippen molar-refractivity contribution in [3.8, 4) is 6.07 Å². The number of hydrogen-bond acceptors (Lipinski definition) is 2. The van der Waals surface area contributed by atoms with Gasteiger partial charge in [-0.25, -0.2) is 0 Å². The van der Waals surface area contributed by atoms with Crippen LogP contribution in [0, 0.1) is 11.3 Å². The van der Waals surface area contributed by atoms with Gasteiger partial charge >= 0.3 is 0 Å². The summed E-state index contributed by atoms with van der Waals surface area (Å²) in [5.41, 5.74) is 2.70. The summed E-state index contributed by atoms with van der Waals surface area (Å²) in [7, 11) is 0. The van der Waals surface area contributed by atoms with Crippen LogP contribution in [0.2, 0.25) is 0 Å². The van der Waals surface area contributed by atoms with Crippen molar-refractivity contribution in [2.24, 2.45) is 0 Å². The summed E-state index contributed by atoms with van der Waals surface area (Å²) in [6, 6.07) is 10.8. The third-order valence-electron chi connectivity index (χ3n) is 2.44. The molecule has 15 heavy (non-hydrogen) atoms. The minimum Gasteiger partial charge on any atom is -0.304 e. The topological polar surface area (TPSA) is 35.8 Å². The molecule has 0 atom stereocenters. The molecule has 0 unspecified atom stereocenters. The number of hydrogen-bond donors (Lipinski definition) is 1. The van der Waals surface area contributed by atoms with Gasteiger partial charge in [-0.15, -0.1) is 0 Å². The maximum Gasteiger partial charge on any atom is 0.0841 e. The van der Waals surface area contributed by atoms with Crippen LogP contribution in [0.25, 0.3) is 0 Å². The molecule has 0 fully saturated rings. The average Bonchev–Trinajstić information content (AvgIpc) is 2.25. The van der Waals surface area contributed by atoms with Crippen LogP contribution in [-0.4, -0.2) is 13.1 Å². The molecule has 80 valence electrons. The Bertz CT molecular complexity index is 319. The molecule has 0 aliphatic carbocycles. The summed E-state index contributed by atoms with van der Waals surface area (Å²) in [6.45, 7) is 5.70. The van der Waals surface area contributed by atoms with Gasteiger partial charge in [0.2, 0.25) is 0 Å². The van der Waals surface area contributed by atoms with E-state index in [0.717, 1.165) is 13.0 Å². The summed E-state index contributed by atoms with van der Waals surface area (Å²) >= 11 is 0. The van der Waals surface area contributed by atoms with Gasteiger partial charge in [-0.05, 0) is 23.5 Å². The standard InChI is InChI=1S/C13H18N2/c1-11(2)13-5-3-12(4-6-13)7-9-15-10-8-14/h3-6,11,15H,7,9-10H2,1-2H3. The second kappa shape index (κ2) is 6.21. The molecular weight excluding hydrogens is 184 g/mol. The van der Waals surface area contributed by atoms with Crippen molar-refractivity contribution in [1.29, 1.82) is 5.26 Å². The van der Waals surface area contributed by atoms with Crippen molar-refractivity contribution in [1.82, 2.24) is 5.32 Å². The second-order valence-electron chi connectivity index (χ2n) is 3.98. The molecule has 0 aliphatic heterocycles. The summed E-state index contributed by atoms with van der Waals surface area (Å²) in [6.07, 6.45) is 0.986. The Morgan fingerprint density at radius 3 is 2.47 bits per heavy atom. The fourth-order valence-corrected chi connectivity index (χ4v) is 1.45. The van der Waals surface area contributed by atoms with Crippen molar-refractivity contribution in [2.45, 2.75) is 26.2 Å². The molecule has 1 rings (SSSR count). The molecule has 1 N–H and O–H groups in total. The average molecular weight is 202 g/mol. The SMILES string of the molecule is CC(C)c1ccc(CCNCC#N)cc1. The van der Waals surface area contributed by atoms with E-state index in [9.17, 15) is 0 Å². The molecule has 0 saturated carbocycles. The van der Waals surface area contributed by atoms with Crippen LogP contribution >= 0.6 is 0 Å². The van der Waals surface area contributed by atoms with Gasteiger partial charge in [-0.3, -0.25) is 0 Å². The maximum absolute atomic E-state index is 8.35. The normalized spacial score (nSPS) is 10.3. The predicted molar refractivity (Wildman–Crippen MR) is 62.7 cm³/mol. The van der Waals surface area contributed by atoms with Crippen molar-refractivity contribution in [3.63, 3.8) is 0 Å². The molecule has 0 spiro atoms. The quantitative estimate of drug-likeness (QED) is 0.588. The van der Waals surface area contributed by atoms with E-state index in [2.05, 4.69) is 49.5 Å². The van der Waals surface area contributed by atoms with Crippen LogP contribution < -0.4 is 5.32 Å². The van der Waals surface area contributed by atoms with Crippen LogP contribution in [0.1, 0.15) is 30.9 Å². The van der Waals surface area contributed by atoms with Gasteiger partial charge < -0.3 is 5.32 Å². The first kappa shape index (κ1) is 11.7. The molecule has 2 nitrogen and oxygen atoms in total. The van der Waals surface area contributed by atoms with Crippen LogP contribution in [0.3, 0.4) is 0 Å². The molecule has 0 aromatic heterocycles. The number of benzene rings is 1. The van der Waals surface area contributed by atoms with Crippen LogP contribution in [0.4, 0.5) is 0 Å². The second-order valence-corrected chi connectivity index (χ2v) is 3.98. The van der Waals surface area contributed by atoms with Gasteiger partial charge in [0.15, 0.2) is 0 Å². The third kappa shape index (κ3) is 4.14. The summed E-state index contributed by atoms with van der Waals surface area (Å²) in [4.78, 5) is 0. The van der Waals surface area contributed by atoms with E-state index in [0.29, 0.717) is 12.5 Å². The van der Waals surface area contributed by atoms with Crippen molar-refractivity contribution in [3.05, 3.63) is 35.4 Å². The van der Waals surface area contributed by atoms with E-state index < -0.39 is 0 Å². The van der Waals surface area contributed by atoms with Gasteiger partial charge in [0.05, 0.1) is 12.6 Å². The van der Waals surface area contributed by atoms with Crippen molar-refractivity contribution >= 4 is 0 Å². The third-order valence-corrected chi connectivity index (χ3v) is 2.44. The zero-order valence-corrected chi connectivity index (χ0v) is 9.46. The zero-order chi connectivity index (χ0) is 11.1. The predicted octanol–water partition coefficient (Wildman–Crippen LogP) is 2.47. The highest BCUT2D eigenvalue weighted by Crippen LogP contribution is 2.14. The first-order valence-corrected chi connectivity index (χ1v) is 5.40. The molecule has 1 aromatic rings. The van der Waals surface area contributed by atoms with E-state index >= 15 is 0 Å². The van der Waals surface area contributed by atoms with Gasteiger partial charge in [-0.1, -0.05) is 38.1 Å². The van der Waals surface area contributed by atoms with E-state index in [4.69, 9.17) is 5.26 Å². The summed E-state index contributed by atoms with van der Waals surface area (Å²) in [5.74, 6) is 0.593. The van der Waals surface area contributed by atoms with E-state index in [1.54, 1.807) is 0 Å². The van der Waals surface area contributed by atoms with Crippen LogP contribution in [0.5, 0.6) is 0 Å². The monoisotopic (exact) mass is 202 g/mol. The Morgan fingerprint density at radius 1 is 1.27 bits per heavy atom. The molecule has 0 radical (unpaired) electrons. The van der Waals surface area contributed by atoms with Crippen LogP contribution in [-0.2, 0) is 6.42 Å². The highest BCUT2D eigenvalue weighted by Gasteiger charge is 1.98. The molecule has 2 heteroatoms. The highest BCUT2D eigenvalue weighted by molar-refractivity contribution is 5.24. The largest absolute Gasteiger partial charge is 0.304 e. The van der Waals surface area contributed by atoms with Gasteiger partial charge in [0, 0.05) is 6.54 Å². The molecule has 0 saturated heterocycles. The molecule has 1 aromatic carbocycles. The Balaban J connectivity index is 2.40. The minimum atomic E-state index is 0.435. The number of nitriles is 1. The molecule has 0 amide bonds. The number of rotatable bonds is 5. The first-order valence-electron chi connectivity index (χ1n) is 5.40. The fraction of sp³-hybridized carbons (Fsp3) is 0.462. The van der Waals surface area contributed by atoms with E-state index in [1.807, 2.05) is 0 Å². The lowest BCUT2D eigenvalue weighted by Gasteiger charge is -2.06. The Labute approximate surface area is 91.9 Å². The van der Waals surface area contributed by atoms with Gasteiger partial charge in [0.1, 0.15) is 0 Å². The Hall–Kier alpha value is -1.33. The molecular formula is C13H18N2. The van der Waals surface area contributed by atoms with E-state index in [-0.39, 0.29) is 0 Å². The van der Waals surface area contributed by atoms with Gasteiger partial charge in [0.25, 0.3) is 0 Å². The van der Waals surface area contributed by atoms with Crippen molar-refractivity contribution in [2.75, 3.05) is 13.1 Å². The zero-order valence-electron chi connectivity index (χ0n) is 9.46. The Kier molecular flexibility index (Phi) is 4.86. The molecule has 0 bridgehead atoms. The minimum absolute atomic E-state index is 0.435. The lowest BCUT2D eigenvalue weighted by atomic mass is 10.0. The summed E-state index contributed by atoms with van der Waals surface area (Å²) in [5, 5.41) is 11.4. The van der Waals surface area contributed by atoms with Gasteiger partial charge in [-0.2, -0.15) is 5.26 Å². The maximum atomic E-state index is 8.35. The van der Waals surface area contributed by atoms with Crippen molar-refractivity contribution < 1.29 is 0 Å².